The van der Waals surface area contributed by atoms with Gasteiger partial charge in [-0.3, -0.25) is 19.4 Å². The van der Waals surface area contributed by atoms with Gasteiger partial charge in [-0.2, -0.15) is 0 Å². The molecule has 8 nitrogen and oxygen atoms in total. The second-order valence-corrected chi connectivity index (χ2v) is 8.47. The number of hydrogen-bond donors (Lipinski definition) is 2. The minimum atomic E-state index is -1.37. The van der Waals surface area contributed by atoms with Crippen molar-refractivity contribution < 1.29 is 18.8 Å². The summed E-state index contributed by atoms with van der Waals surface area (Å²) in [5.41, 5.74) is 6.26. The number of rotatable bonds is 9. The summed E-state index contributed by atoms with van der Waals surface area (Å²) in [4.78, 5) is 45.2. The highest BCUT2D eigenvalue weighted by atomic mass is 16.3. The fourth-order valence-electron chi connectivity index (χ4n) is 4.96. The molecule has 0 aliphatic heterocycles. The number of carbonyl (C=O) groups is 3. The number of aromatic nitrogens is 1. The summed E-state index contributed by atoms with van der Waals surface area (Å²) in [6.45, 7) is -0.142. The Labute approximate surface area is 198 Å². The summed E-state index contributed by atoms with van der Waals surface area (Å²) in [7, 11) is 0. The molecular weight excluding hydrogens is 432 g/mol. The van der Waals surface area contributed by atoms with E-state index in [4.69, 9.17) is 10.2 Å². The minimum absolute atomic E-state index is 0.105. The number of primary amides is 1. The number of furan rings is 1. The third-order valence-electron chi connectivity index (χ3n) is 6.50. The summed E-state index contributed by atoms with van der Waals surface area (Å²) in [5.74, 6) is -1.56. The highest BCUT2D eigenvalue weighted by Gasteiger charge is 2.53. The SMILES string of the molecule is NC(=O)C(c1ccncc1)(C1CCCC1)N(Cc1ccccc1)C(=O)CNC(=O)c1ccco1. The topological polar surface area (TPSA) is 119 Å². The molecule has 3 amide bonds. The van der Waals surface area contributed by atoms with E-state index in [-0.39, 0.29) is 24.8 Å². The standard InChI is InChI=1S/C26H28N4O4/c27-25(33)26(20-9-4-5-10-20,21-12-14-28-15-13-21)30(18-19-7-2-1-3-8-19)23(31)17-29-24(32)22-11-6-16-34-22/h1-3,6-8,11-16,20H,4-5,9-10,17-18H2,(H2,27,33)(H,29,32). The Kier molecular flexibility index (Phi) is 7.06. The van der Waals surface area contributed by atoms with Crippen LogP contribution in [0.2, 0.25) is 0 Å². The molecule has 0 radical (unpaired) electrons. The molecule has 0 bridgehead atoms. The fourth-order valence-corrected chi connectivity index (χ4v) is 4.96. The van der Waals surface area contributed by atoms with Crippen LogP contribution in [0.1, 0.15) is 47.4 Å². The third kappa shape index (κ3) is 4.57. The Morgan fingerprint density at radius 1 is 1.03 bits per heavy atom. The summed E-state index contributed by atoms with van der Waals surface area (Å²) < 4.78 is 5.12. The maximum absolute atomic E-state index is 13.8. The quantitative estimate of drug-likeness (QED) is 0.509. The highest BCUT2D eigenvalue weighted by molar-refractivity contribution is 5.96. The van der Waals surface area contributed by atoms with E-state index in [2.05, 4.69) is 10.3 Å². The van der Waals surface area contributed by atoms with E-state index in [0.29, 0.717) is 5.56 Å². The first-order valence-electron chi connectivity index (χ1n) is 11.4. The largest absolute Gasteiger partial charge is 0.459 e. The Morgan fingerprint density at radius 2 is 1.74 bits per heavy atom. The smallest absolute Gasteiger partial charge is 0.287 e. The number of benzene rings is 1. The Hall–Kier alpha value is -3.94. The van der Waals surface area contributed by atoms with E-state index in [9.17, 15) is 14.4 Å². The maximum Gasteiger partial charge on any atom is 0.287 e. The minimum Gasteiger partial charge on any atom is -0.459 e. The van der Waals surface area contributed by atoms with Crippen LogP contribution in [0.3, 0.4) is 0 Å². The molecule has 1 aromatic carbocycles. The van der Waals surface area contributed by atoms with Gasteiger partial charge in [0.25, 0.3) is 5.91 Å². The molecule has 1 fully saturated rings. The van der Waals surface area contributed by atoms with Gasteiger partial charge in [-0.05, 0) is 54.2 Å². The van der Waals surface area contributed by atoms with Crippen molar-refractivity contribution in [3.8, 4) is 0 Å². The predicted octanol–water partition coefficient (Wildman–Crippen LogP) is 3.00. The molecule has 0 saturated heterocycles. The Balaban J connectivity index is 1.75. The molecule has 3 aromatic rings. The van der Waals surface area contributed by atoms with E-state index in [0.717, 1.165) is 31.2 Å². The van der Waals surface area contributed by atoms with Gasteiger partial charge in [0.05, 0.1) is 12.8 Å². The van der Waals surface area contributed by atoms with E-state index in [1.807, 2.05) is 30.3 Å². The lowest BCUT2D eigenvalue weighted by Gasteiger charge is -2.46. The van der Waals surface area contributed by atoms with Gasteiger partial charge in [-0.25, -0.2) is 0 Å². The molecule has 2 heterocycles. The average molecular weight is 461 g/mol. The molecule has 1 unspecified atom stereocenters. The normalized spacial score (nSPS) is 15.4. The second kappa shape index (κ2) is 10.3. The molecule has 176 valence electrons. The van der Waals surface area contributed by atoms with Gasteiger partial charge in [0.1, 0.15) is 5.54 Å². The van der Waals surface area contributed by atoms with Crippen LogP contribution in [-0.4, -0.2) is 34.2 Å². The lowest BCUT2D eigenvalue weighted by molar-refractivity contribution is -0.152. The van der Waals surface area contributed by atoms with Gasteiger partial charge in [-0.1, -0.05) is 43.2 Å². The summed E-state index contributed by atoms with van der Waals surface area (Å²) in [6, 6.07) is 16.1. The molecule has 8 heteroatoms. The van der Waals surface area contributed by atoms with E-state index < -0.39 is 23.3 Å². The second-order valence-electron chi connectivity index (χ2n) is 8.47. The zero-order chi connectivity index (χ0) is 24.0. The van der Waals surface area contributed by atoms with Crippen LogP contribution in [0.25, 0.3) is 0 Å². The lowest BCUT2D eigenvalue weighted by atomic mass is 9.74. The van der Waals surface area contributed by atoms with Crippen molar-refractivity contribution in [1.29, 1.82) is 0 Å². The molecule has 1 aliphatic rings. The Morgan fingerprint density at radius 3 is 2.35 bits per heavy atom. The van der Waals surface area contributed by atoms with Crippen molar-refractivity contribution >= 4 is 17.7 Å². The van der Waals surface area contributed by atoms with Crippen LogP contribution in [0.15, 0.2) is 77.7 Å². The predicted molar refractivity (Wildman–Crippen MR) is 125 cm³/mol. The van der Waals surface area contributed by atoms with Crippen LogP contribution in [0.5, 0.6) is 0 Å². The number of amides is 3. The number of hydrogen-bond acceptors (Lipinski definition) is 5. The summed E-state index contributed by atoms with van der Waals surface area (Å²) >= 11 is 0. The number of pyridine rings is 1. The first-order chi connectivity index (χ1) is 16.5. The highest BCUT2D eigenvalue weighted by Crippen LogP contribution is 2.45. The fraction of sp³-hybridized carbons (Fsp3) is 0.308. The lowest BCUT2D eigenvalue weighted by Crippen LogP contribution is -2.61. The summed E-state index contributed by atoms with van der Waals surface area (Å²) in [6.07, 6.45) is 8.03. The maximum atomic E-state index is 13.8. The van der Waals surface area contributed by atoms with E-state index >= 15 is 0 Å². The molecule has 34 heavy (non-hydrogen) atoms. The van der Waals surface area contributed by atoms with Gasteiger partial charge in [0, 0.05) is 18.9 Å². The van der Waals surface area contributed by atoms with Crippen molar-refractivity contribution in [3.05, 3.63) is 90.1 Å². The van der Waals surface area contributed by atoms with Crippen molar-refractivity contribution in [1.82, 2.24) is 15.2 Å². The van der Waals surface area contributed by atoms with Crippen molar-refractivity contribution in [2.45, 2.75) is 37.8 Å². The molecule has 3 N–H and O–H groups in total. The molecule has 2 aromatic heterocycles. The summed E-state index contributed by atoms with van der Waals surface area (Å²) in [5, 5.41) is 2.62. The molecule has 1 aliphatic carbocycles. The van der Waals surface area contributed by atoms with Crippen LogP contribution in [0.4, 0.5) is 0 Å². The molecule has 1 saturated carbocycles. The van der Waals surface area contributed by atoms with E-state index in [1.54, 1.807) is 35.5 Å². The number of nitrogens with one attached hydrogen (secondary N) is 1. The van der Waals surface area contributed by atoms with Crippen molar-refractivity contribution in [2.75, 3.05) is 6.54 Å². The van der Waals surface area contributed by atoms with Crippen LogP contribution in [0, 0.1) is 5.92 Å². The van der Waals surface area contributed by atoms with Gasteiger partial charge in [0.15, 0.2) is 5.76 Å². The molecular formula is C26H28N4O4. The molecule has 4 rings (SSSR count). The molecule has 1 atom stereocenters. The molecule has 0 spiro atoms. The Bertz CT molecular complexity index is 1110. The first-order valence-corrected chi connectivity index (χ1v) is 11.4. The van der Waals surface area contributed by atoms with Gasteiger partial charge in [-0.15, -0.1) is 0 Å². The van der Waals surface area contributed by atoms with Gasteiger partial charge in [0.2, 0.25) is 11.8 Å². The van der Waals surface area contributed by atoms with E-state index in [1.165, 1.54) is 12.3 Å². The zero-order valence-electron chi connectivity index (χ0n) is 18.9. The number of nitrogens with two attached hydrogens (primary N) is 1. The van der Waals surface area contributed by atoms with Crippen LogP contribution >= 0.6 is 0 Å². The van der Waals surface area contributed by atoms with Crippen LogP contribution in [-0.2, 0) is 21.7 Å². The van der Waals surface area contributed by atoms with Crippen LogP contribution < -0.4 is 11.1 Å². The third-order valence-corrected chi connectivity index (χ3v) is 6.50. The number of carbonyl (C=O) groups excluding carboxylic acids is 3. The zero-order valence-corrected chi connectivity index (χ0v) is 18.9. The average Bonchev–Trinajstić information content (AvgIpc) is 3.58. The number of nitrogens with zero attached hydrogens (tertiary/aromatic N) is 2. The van der Waals surface area contributed by atoms with Gasteiger partial charge >= 0.3 is 0 Å². The van der Waals surface area contributed by atoms with Crippen molar-refractivity contribution in [2.24, 2.45) is 11.7 Å². The van der Waals surface area contributed by atoms with Crippen molar-refractivity contribution in [3.63, 3.8) is 0 Å². The monoisotopic (exact) mass is 460 g/mol. The van der Waals surface area contributed by atoms with Gasteiger partial charge < -0.3 is 20.4 Å². The first kappa shape index (κ1) is 23.2.